The Bertz CT molecular complexity index is 1390. The van der Waals surface area contributed by atoms with Gasteiger partial charge in [0.1, 0.15) is 0 Å². The van der Waals surface area contributed by atoms with Gasteiger partial charge in [0.2, 0.25) is 12.2 Å². The normalized spacial score (nSPS) is 10.7. The van der Waals surface area contributed by atoms with Gasteiger partial charge in [-0.25, -0.2) is 4.98 Å². The number of benzene rings is 2. The summed E-state index contributed by atoms with van der Waals surface area (Å²) >= 11 is 0. The Morgan fingerprint density at radius 3 is 2.29 bits per heavy atom. The largest absolute Gasteiger partial charge is 0.493 e. The fourth-order valence-electron chi connectivity index (χ4n) is 3.95. The second-order valence-corrected chi connectivity index (χ2v) is 7.94. The van der Waals surface area contributed by atoms with Crippen molar-refractivity contribution in [3.63, 3.8) is 0 Å². The standard InChI is InChI=1S/C26H26N4O5/c1-29(2)26(32)17-8-6-7-16(9-17)19-10-20(28-15-31)25-27-13-21(30(25)14-19)18-11-22(33-3)24(35-5)23(12-18)34-4/h6-15H,1-5H3,(H,28,31). The molecule has 9 heteroatoms. The fourth-order valence-corrected chi connectivity index (χ4v) is 3.95. The molecule has 0 aliphatic rings. The quantitative estimate of drug-likeness (QED) is 0.389. The third-order valence-electron chi connectivity index (χ3n) is 5.63. The maximum atomic E-state index is 12.5. The maximum absolute atomic E-state index is 12.5. The number of nitrogens with one attached hydrogen (secondary N) is 1. The molecular weight excluding hydrogens is 448 g/mol. The number of pyridine rings is 1. The van der Waals surface area contributed by atoms with Crippen LogP contribution in [-0.2, 0) is 4.79 Å². The first-order valence-corrected chi connectivity index (χ1v) is 10.8. The summed E-state index contributed by atoms with van der Waals surface area (Å²) in [5, 5.41) is 2.74. The van der Waals surface area contributed by atoms with Gasteiger partial charge in [-0.1, -0.05) is 12.1 Å². The lowest BCUT2D eigenvalue weighted by Crippen LogP contribution is -2.21. The Balaban J connectivity index is 1.93. The first-order chi connectivity index (χ1) is 16.9. The van der Waals surface area contributed by atoms with E-state index < -0.39 is 0 Å². The predicted molar refractivity (Wildman–Crippen MR) is 133 cm³/mol. The molecule has 2 aromatic heterocycles. The van der Waals surface area contributed by atoms with Crippen molar-refractivity contribution in [1.29, 1.82) is 0 Å². The number of aromatic nitrogens is 2. The Hall–Kier alpha value is -4.53. The number of imidazole rings is 1. The topological polar surface area (TPSA) is 94.4 Å². The molecule has 0 radical (unpaired) electrons. The van der Waals surface area contributed by atoms with Gasteiger partial charge in [0.15, 0.2) is 17.1 Å². The lowest BCUT2D eigenvalue weighted by atomic mass is 10.0. The van der Waals surface area contributed by atoms with E-state index >= 15 is 0 Å². The molecule has 180 valence electrons. The predicted octanol–water partition coefficient (Wildman–Crippen LogP) is 3.96. The number of hydrogen-bond donors (Lipinski definition) is 1. The first kappa shape index (κ1) is 23.6. The highest BCUT2D eigenvalue weighted by Gasteiger charge is 2.18. The summed E-state index contributed by atoms with van der Waals surface area (Å²) in [6.07, 6.45) is 4.23. The molecule has 9 nitrogen and oxygen atoms in total. The molecule has 2 amide bonds. The third kappa shape index (κ3) is 4.35. The molecule has 4 rings (SSSR count). The number of anilines is 1. The highest BCUT2D eigenvalue weighted by atomic mass is 16.5. The van der Waals surface area contributed by atoms with E-state index in [9.17, 15) is 9.59 Å². The van der Waals surface area contributed by atoms with Crippen molar-refractivity contribution < 1.29 is 23.8 Å². The van der Waals surface area contributed by atoms with E-state index in [1.54, 1.807) is 47.7 Å². The first-order valence-electron chi connectivity index (χ1n) is 10.8. The molecule has 0 spiro atoms. The highest BCUT2D eigenvalue weighted by Crippen LogP contribution is 2.41. The molecule has 2 aromatic carbocycles. The summed E-state index contributed by atoms with van der Waals surface area (Å²) in [4.78, 5) is 29.9. The number of rotatable bonds is 8. The number of nitrogens with zero attached hydrogens (tertiary/aromatic N) is 3. The minimum atomic E-state index is -0.0973. The van der Waals surface area contributed by atoms with Gasteiger partial charge in [-0.15, -0.1) is 0 Å². The molecule has 35 heavy (non-hydrogen) atoms. The molecule has 4 aromatic rings. The Morgan fingerprint density at radius 2 is 1.69 bits per heavy atom. The van der Waals surface area contributed by atoms with Crippen molar-refractivity contribution in [1.82, 2.24) is 14.3 Å². The van der Waals surface area contributed by atoms with Gasteiger partial charge in [-0.05, 0) is 35.9 Å². The summed E-state index contributed by atoms with van der Waals surface area (Å²) in [7, 11) is 8.08. The van der Waals surface area contributed by atoms with Crippen LogP contribution in [0.15, 0.2) is 54.9 Å². The number of ether oxygens (including phenoxy) is 3. The molecule has 0 aliphatic heterocycles. The van der Waals surface area contributed by atoms with Crippen LogP contribution in [0.5, 0.6) is 17.2 Å². The van der Waals surface area contributed by atoms with Gasteiger partial charge in [0, 0.05) is 37.0 Å². The van der Waals surface area contributed by atoms with Crippen molar-refractivity contribution in [3.8, 4) is 39.6 Å². The van der Waals surface area contributed by atoms with E-state index in [0.29, 0.717) is 40.6 Å². The highest BCUT2D eigenvalue weighted by molar-refractivity contribution is 5.95. The van der Waals surface area contributed by atoms with Crippen LogP contribution in [0.4, 0.5) is 5.69 Å². The Labute approximate surface area is 202 Å². The van der Waals surface area contributed by atoms with E-state index in [4.69, 9.17) is 14.2 Å². The van der Waals surface area contributed by atoms with E-state index in [2.05, 4.69) is 10.3 Å². The molecule has 0 saturated carbocycles. The van der Waals surface area contributed by atoms with Crippen molar-refractivity contribution >= 4 is 23.7 Å². The van der Waals surface area contributed by atoms with Crippen LogP contribution in [-0.4, -0.2) is 62.0 Å². The molecule has 0 fully saturated rings. The molecule has 2 heterocycles. The number of amides is 2. The Kier molecular flexibility index (Phi) is 6.59. The zero-order valence-electron chi connectivity index (χ0n) is 20.2. The summed E-state index contributed by atoms with van der Waals surface area (Å²) in [6, 6.07) is 12.8. The van der Waals surface area contributed by atoms with Crippen LogP contribution in [0.2, 0.25) is 0 Å². The smallest absolute Gasteiger partial charge is 0.253 e. The van der Waals surface area contributed by atoms with Gasteiger partial charge in [0.25, 0.3) is 5.91 Å². The van der Waals surface area contributed by atoms with Gasteiger partial charge in [0.05, 0.1) is 38.9 Å². The monoisotopic (exact) mass is 474 g/mol. The lowest BCUT2D eigenvalue weighted by Gasteiger charge is -2.15. The zero-order valence-corrected chi connectivity index (χ0v) is 20.2. The van der Waals surface area contributed by atoms with E-state index in [0.717, 1.165) is 22.4 Å². The van der Waals surface area contributed by atoms with E-state index in [-0.39, 0.29) is 5.91 Å². The van der Waals surface area contributed by atoms with Gasteiger partial charge >= 0.3 is 0 Å². The molecule has 0 bridgehead atoms. The maximum Gasteiger partial charge on any atom is 0.253 e. The number of methoxy groups -OCH3 is 3. The second kappa shape index (κ2) is 9.76. The van der Waals surface area contributed by atoms with Crippen molar-refractivity contribution in [2.24, 2.45) is 0 Å². The lowest BCUT2D eigenvalue weighted by molar-refractivity contribution is -0.105. The number of fused-ring (bicyclic) bond motifs is 1. The van der Waals surface area contributed by atoms with Crippen LogP contribution < -0.4 is 19.5 Å². The number of carbonyl (C=O) groups excluding carboxylic acids is 2. The zero-order chi connectivity index (χ0) is 25.1. The summed E-state index contributed by atoms with van der Waals surface area (Å²) < 4.78 is 18.3. The average molecular weight is 475 g/mol. The average Bonchev–Trinajstić information content (AvgIpc) is 3.31. The second-order valence-electron chi connectivity index (χ2n) is 7.94. The van der Waals surface area contributed by atoms with Crippen LogP contribution in [0.3, 0.4) is 0 Å². The minimum Gasteiger partial charge on any atom is -0.493 e. The van der Waals surface area contributed by atoms with Gasteiger partial charge < -0.3 is 24.4 Å². The number of carbonyl (C=O) groups is 2. The fraction of sp³-hybridized carbons (Fsp3) is 0.192. The van der Waals surface area contributed by atoms with E-state index in [1.165, 1.54) is 4.90 Å². The third-order valence-corrected chi connectivity index (χ3v) is 5.63. The summed E-state index contributed by atoms with van der Waals surface area (Å²) in [6.45, 7) is 0. The van der Waals surface area contributed by atoms with Crippen molar-refractivity contribution in [2.75, 3.05) is 40.7 Å². The van der Waals surface area contributed by atoms with Gasteiger partial charge in [-0.2, -0.15) is 0 Å². The molecule has 0 unspecified atom stereocenters. The molecule has 0 aliphatic carbocycles. The molecule has 1 N–H and O–H groups in total. The van der Waals surface area contributed by atoms with Gasteiger partial charge in [-0.3, -0.25) is 14.0 Å². The summed E-state index contributed by atoms with van der Waals surface area (Å²) in [5.41, 5.74) is 4.78. The molecular formula is C26H26N4O5. The SMILES string of the molecule is COc1cc(-c2cnc3c(NC=O)cc(-c4cccc(C(=O)N(C)C)c4)cn23)cc(OC)c1OC. The minimum absolute atomic E-state index is 0.0973. The van der Waals surface area contributed by atoms with Crippen molar-refractivity contribution in [3.05, 3.63) is 60.4 Å². The van der Waals surface area contributed by atoms with Crippen molar-refractivity contribution in [2.45, 2.75) is 0 Å². The van der Waals surface area contributed by atoms with E-state index in [1.807, 2.05) is 47.0 Å². The van der Waals surface area contributed by atoms with Crippen LogP contribution in [0, 0.1) is 0 Å². The molecule has 0 saturated heterocycles. The Morgan fingerprint density at radius 1 is 0.971 bits per heavy atom. The van der Waals surface area contributed by atoms with Crippen LogP contribution >= 0.6 is 0 Å². The van der Waals surface area contributed by atoms with Crippen LogP contribution in [0.25, 0.3) is 28.0 Å². The molecule has 0 atom stereocenters. The number of hydrogen-bond acceptors (Lipinski definition) is 6. The summed E-state index contributed by atoms with van der Waals surface area (Å²) in [5.74, 6) is 1.40. The van der Waals surface area contributed by atoms with Crippen LogP contribution in [0.1, 0.15) is 10.4 Å².